The maximum atomic E-state index is 12.2. The Bertz CT molecular complexity index is 475. The van der Waals surface area contributed by atoms with Crippen LogP contribution < -0.4 is 4.72 Å². The molecule has 0 saturated carbocycles. The van der Waals surface area contributed by atoms with Crippen LogP contribution in [0.2, 0.25) is 0 Å². The first-order chi connectivity index (χ1) is 9.83. The van der Waals surface area contributed by atoms with Gasteiger partial charge in [0.25, 0.3) is 10.2 Å². The lowest BCUT2D eigenvalue weighted by Crippen LogP contribution is -2.53. The number of carboxylic acids is 1. The van der Waals surface area contributed by atoms with Crippen LogP contribution in [0, 0.1) is 0 Å². The van der Waals surface area contributed by atoms with Crippen molar-refractivity contribution in [1.82, 2.24) is 13.9 Å². The highest BCUT2D eigenvalue weighted by Gasteiger charge is 2.36. The average molecular weight is 321 g/mol. The fourth-order valence-corrected chi connectivity index (χ4v) is 3.74. The molecule has 122 valence electrons. The summed E-state index contributed by atoms with van der Waals surface area (Å²) in [6.07, 6.45) is 1.59. The van der Waals surface area contributed by atoms with Gasteiger partial charge in [-0.25, -0.2) is 0 Å². The zero-order valence-electron chi connectivity index (χ0n) is 12.4. The lowest BCUT2D eigenvalue weighted by atomic mass is 10.1. The number of carbonyl (C=O) groups excluding carboxylic acids is 1. The molecular formula is C12H23N3O5S. The largest absolute Gasteiger partial charge is 0.480 e. The van der Waals surface area contributed by atoms with Crippen LogP contribution in [0.3, 0.4) is 0 Å². The first kappa shape index (κ1) is 17.9. The van der Waals surface area contributed by atoms with Gasteiger partial charge in [-0.05, 0) is 33.1 Å². The van der Waals surface area contributed by atoms with Gasteiger partial charge in [0.15, 0.2) is 0 Å². The quantitative estimate of drug-likeness (QED) is 0.665. The lowest BCUT2D eigenvalue weighted by Gasteiger charge is -2.31. The predicted molar refractivity (Wildman–Crippen MR) is 76.8 cm³/mol. The summed E-state index contributed by atoms with van der Waals surface area (Å²) in [5, 5.41) is 9.10. The van der Waals surface area contributed by atoms with Gasteiger partial charge < -0.3 is 10.0 Å². The molecule has 0 radical (unpaired) electrons. The Hall–Kier alpha value is -1.19. The molecule has 1 unspecified atom stereocenters. The van der Waals surface area contributed by atoms with Crippen molar-refractivity contribution in [2.45, 2.75) is 39.2 Å². The number of hydrogen-bond acceptors (Lipinski definition) is 4. The number of amides is 1. The molecule has 0 aromatic carbocycles. The predicted octanol–water partition coefficient (Wildman–Crippen LogP) is -0.372. The lowest BCUT2D eigenvalue weighted by molar-refractivity contribution is -0.142. The third-order valence-corrected chi connectivity index (χ3v) is 5.13. The molecule has 1 saturated heterocycles. The van der Waals surface area contributed by atoms with Gasteiger partial charge in [0.1, 0.15) is 6.04 Å². The highest BCUT2D eigenvalue weighted by molar-refractivity contribution is 7.87. The van der Waals surface area contributed by atoms with Crippen LogP contribution in [0.4, 0.5) is 0 Å². The highest BCUT2D eigenvalue weighted by atomic mass is 32.2. The Labute approximate surface area is 125 Å². The van der Waals surface area contributed by atoms with Crippen molar-refractivity contribution in [3.63, 3.8) is 0 Å². The van der Waals surface area contributed by atoms with Crippen LogP contribution in [-0.4, -0.2) is 66.8 Å². The Morgan fingerprint density at radius 1 is 1.29 bits per heavy atom. The van der Waals surface area contributed by atoms with Gasteiger partial charge in [0.05, 0.1) is 6.54 Å². The highest BCUT2D eigenvalue weighted by Crippen LogP contribution is 2.19. The van der Waals surface area contributed by atoms with Crippen LogP contribution >= 0.6 is 0 Å². The van der Waals surface area contributed by atoms with Crippen molar-refractivity contribution in [3.8, 4) is 0 Å². The van der Waals surface area contributed by atoms with Crippen molar-refractivity contribution in [2.75, 3.05) is 26.2 Å². The molecule has 1 fully saturated rings. The number of carbonyl (C=O) groups is 2. The van der Waals surface area contributed by atoms with E-state index in [-0.39, 0.29) is 19.0 Å². The van der Waals surface area contributed by atoms with E-state index in [2.05, 4.69) is 4.72 Å². The smallest absolute Gasteiger partial charge is 0.322 e. The number of rotatable bonds is 7. The van der Waals surface area contributed by atoms with Gasteiger partial charge in [0, 0.05) is 19.6 Å². The van der Waals surface area contributed by atoms with E-state index in [1.807, 2.05) is 0 Å². The normalized spacial score (nSPS) is 20.2. The molecule has 0 aliphatic carbocycles. The minimum atomic E-state index is -3.97. The van der Waals surface area contributed by atoms with Gasteiger partial charge in [-0.2, -0.15) is 17.4 Å². The van der Waals surface area contributed by atoms with Gasteiger partial charge in [-0.3, -0.25) is 9.59 Å². The Kier molecular flexibility index (Phi) is 6.56. The van der Waals surface area contributed by atoms with Gasteiger partial charge >= 0.3 is 5.97 Å². The molecule has 1 aliphatic heterocycles. The number of carboxylic acid groups (broad SMARTS) is 1. The number of aliphatic carboxylic acids is 1. The topological polar surface area (TPSA) is 107 Å². The number of nitrogens with one attached hydrogen (secondary N) is 1. The molecule has 1 rings (SSSR count). The Morgan fingerprint density at radius 2 is 1.90 bits per heavy atom. The SMILES string of the molecule is CCN(CC)C(=O)CNS(=O)(=O)N1CCCCC1C(=O)O. The zero-order valence-corrected chi connectivity index (χ0v) is 13.2. The van der Waals surface area contributed by atoms with E-state index in [1.165, 1.54) is 4.90 Å². The number of piperidine rings is 1. The van der Waals surface area contributed by atoms with E-state index >= 15 is 0 Å². The van der Waals surface area contributed by atoms with Crippen molar-refractivity contribution < 1.29 is 23.1 Å². The molecule has 1 atom stereocenters. The maximum absolute atomic E-state index is 12.2. The fraction of sp³-hybridized carbons (Fsp3) is 0.833. The molecule has 0 aromatic heterocycles. The molecule has 21 heavy (non-hydrogen) atoms. The molecule has 1 heterocycles. The van der Waals surface area contributed by atoms with Crippen LogP contribution in [0.25, 0.3) is 0 Å². The summed E-state index contributed by atoms with van der Waals surface area (Å²) >= 11 is 0. The first-order valence-corrected chi connectivity index (χ1v) is 8.54. The van der Waals surface area contributed by atoms with E-state index in [9.17, 15) is 18.0 Å². The average Bonchev–Trinajstić information content (AvgIpc) is 2.46. The van der Waals surface area contributed by atoms with Crippen LogP contribution in [0.15, 0.2) is 0 Å². The summed E-state index contributed by atoms with van der Waals surface area (Å²) in [5.74, 6) is -1.48. The second kappa shape index (κ2) is 7.71. The summed E-state index contributed by atoms with van der Waals surface area (Å²) < 4.78 is 27.5. The number of nitrogens with zero attached hydrogens (tertiary/aromatic N) is 2. The molecule has 9 heteroatoms. The van der Waals surface area contributed by atoms with Crippen molar-refractivity contribution in [3.05, 3.63) is 0 Å². The van der Waals surface area contributed by atoms with Crippen LogP contribution in [-0.2, 0) is 19.8 Å². The summed E-state index contributed by atoms with van der Waals surface area (Å²) in [6.45, 7) is 4.41. The molecule has 2 N–H and O–H groups in total. The molecule has 0 aromatic rings. The summed E-state index contributed by atoms with van der Waals surface area (Å²) in [5.41, 5.74) is 0. The first-order valence-electron chi connectivity index (χ1n) is 7.10. The molecular weight excluding hydrogens is 298 g/mol. The molecule has 0 bridgehead atoms. The second-order valence-electron chi connectivity index (χ2n) is 4.85. The van der Waals surface area contributed by atoms with E-state index in [1.54, 1.807) is 13.8 Å². The standard InChI is InChI=1S/C12H23N3O5S/c1-3-14(4-2)11(16)9-13-21(19,20)15-8-6-5-7-10(15)12(17)18/h10,13H,3-9H2,1-2H3,(H,17,18). The van der Waals surface area contributed by atoms with Crippen molar-refractivity contribution in [1.29, 1.82) is 0 Å². The van der Waals surface area contributed by atoms with E-state index < -0.39 is 22.2 Å². The van der Waals surface area contributed by atoms with Crippen molar-refractivity contribution >= 4 is 22.1 Å². The van der Waals surface area contributed by atoms with Gasteiger partial charge in [-0.15, -0.1) is 0 Å². The minimum Gasteiger partial charge on any atom is -0.480 e. The van der Waals surface area contributed by atoms with Crippen LogP contribution in [0.1, 0.15) is 33.1 Å². The van der Waals surface area contributed by atoms with Gasteiger partial charge in [0.2, 0.25) is 5.91 Å². The summed E-state index contributed by atoms with van der Waals surface area (Å²) in [7, 11) is -3.97. The summed E-state index contributed by atoms with van der Waals surface area (Å²) in [4.78, 5) is 24.5. The van der Waals surface area contributed by atoms with E-state index in [4.69, 9.17) is 5.11 Å². The Morgan fingerprint density at radius 3 is 2.43 bits per heavy atom. The number of likely N-dealkylation sites (N-methyl/N-ethyl adjacent to an activating group) is 1. The van der Waals surface area contributed by atoms with Crippen LogP contribution in [0.5, 0.6) is 0 Å². The molecule has 8 nitrogen and oxygen atoms in total. The maximum Gasteiger partial charge on any atom is 0.322 e. The Balaban J connectivity index is 2.71. The molecule has 1 amide bonds. The van der Waals surface area contributed by atoms with E-state index in [0.717, 1.165) is 4.31 Å². The third-order valence-electron chi connectivity index (χ3n) is 3.57. The van der Waals surface area contributed by atoms with Crippen molar-refractivity contribution in [2.24, 2.45) is 0 Å². The summed E-state index contributed by atoms with van der Waals surface area (Å²) in [6, 6.07) is -1.06. The number of hydrogen-bond donors (Lipinski definition) is 2. The zero-order chi connectivity index (χ0) is 16.0. The monoisotopic (exact) mass is 321 g/mol. The second-order valence-corrected chi connectivity index (χ2v) is 6.56. The molecule has 0 spiro atoms. The third kappa shape index (κ3) is 4.65. The minimum absolute atomic E-state index is 0.158. The fourth-order valence-electron chi connectivity index (χ4n) is 2.36. The van der Waals surface area contributed by atoms with Gasteiger partial charge in [-0.1, -0.05) is 0 Å². The van der Waals surface area contributed by atoms with E-state index in [0.29, 0.717) is 32.4 Å². The molecule has 1 aliphatic rings.